The summed E-state index contributed by atoms with van der Waals surface area (Å²) in [5, 5.41) is 2.24. The van der Waals surface area contributed by atoms with Crippen LogP contribution in [0.5, 0.6) is 0 Å². The quantitative estimate of drug-likeness (QED) is 0.525. The van der Waals surface area contributed by atoms with Gasteiger partial charge in [0.05, 0.1) is 30.8 Å². The Labute approximate surface area is 199 Å². The number of hydrogen-bond donors (Lipinski definition) is 1. The fourth-order valence-electron chi connectivity index (χ4n) is 7.43. The van der Waals surface area contributed by atoms with Gasteiger partial charge in [0.1, 0.15) is 17.8 Å². The van der Waals surface area contributed by atoms with Gasteiger partial charge in [-0.3, -0.25) is 14.4 Å². The number of piperidine rings is 1. The summed E-state index contributed by atoms with van der Waals surface area (Å²) in [5.74, 6) is -2.29. The molecule has 0 spiro atoms. The third-order valence-electron chi connectivity index (χ3n) is 9.11. The number of carbonyl (C=O) groups is 3. The van der Waals surface area contributed by atoms with Crippen molar-refractivity contribution in [2.24, 2.45) is 29.6 Å². The van der Waals surface area contributed by atoms with Gasteiger partial charge in [-0.15, -0.1) is 0 Å². The van der Waals surface area contributed by atoms with E-state index in [9.17, 15) is 14.4 Å². The lowest BCUT2D eigenvalue weighted by Crippen LogP contribution is -2.87. The van der Waals surface area contributed by atoms with Gasteiger partial charge in [0.15, 0.2) is 0 Å². The van der Waals surface area contributed by atoms with Crippen molar-refractivity contribution in [3.05, 3.63) is 35.9 Å². The zero-order chi connectivity index (χ0) is 23.3. The molecule has 0 amide bonds. The zero-order valence-electron chi connectivity index (χ0n) is 19.5. The Morgan fingerprint density at radius 1 is 0.971 bits per heavy atom. The molecule has 2 heterocycles. The molecule has 7 heteroatoms. The van der Waals surface area contributed by atoms with Gasteiger partial charge in [-0.1, -0.05) is 49.6 Å². The van der Waals surface area contributed by atoms with Crippen LogP contribution in [0.2, 0.25) is 0 Å². The Morgan fingerprint density at radius 3 is 2.44 bits per heavy atom. The number of quaternary nitrogens is 1. The summed E-state index contributed by atoms with van der Waals surface area (Å²) in [6.07, 6.45) is 6.17. The standard InChI is InChI=1S/C27H33NO6/c29-24(16-7-3-1-4-8-16)32-22-19-15-18-20(25(30)33-23(18)22)21(19)26(31)34-27(11-13-28-14-12-27)17-9-5-2-6-10-17/h2,5-6,9-10,16,18-23,28H,1,3-4,7-8,11-15H2/p+1. The lowest BCUT2D eigenvalue weighted by Gasteiger charge is -2.38. The third kappa shape index (κ3) is 3.55. The van der Waals surface area contributed by atoms with Gasteiger partial charge >= 0.3 is 17.9 Å². The lowest BCUT2D eigenvalue weighted by molar-refractivity contribution is -0.668. The summed E-state index contributed by atoms with van der Waals surface area (Å²) in [4.78, 5) is 39.5. The molecule has 0 aromatic heterocycles. The molecule has 6 atom stereocenters. The van der Waals surface area contributed by atoms with Crippen LogP contribution in [-0.2, 0) is 34.2 Å². The Hall–Kier alpha value is -2.41. The summed E-state index contributed by atoms with van der Waals surface area (Å²) in [6.45, 7) is 1.77. The summed E-state index contributed by atoms with van der Waals surface area (Å²) in [7, 11) is 0. The van der Waals surface area contributed by atoms with E-state index in [0.29, 0.717) is 6.42 Å². The van der Waals surface area contributed by atoms with Crippen LogP contribution in [0.1, 0.15) is 56.9 Å². The van der Waals surface area contributed by atoms with Crippen molar-refractivity contribution in [3.63, 3.8) is 0 Å². The fourth-order valence-corrected chi connectivity index (χ4v) is 7.43. The molecule has 3 saturated carbocycles. The Bertz CT molecular complexity index is 951. The van der Waals surface area contributed by atoms with E-state index in [1.807, 2.05) is 30.3 Å². The van der Waals surface area contributed by atoms with Gasteiger partial charge in [0.25, 0.3) is 0 Å². The second-order valence-electron chi connectivity index (χ2n) is 10.9. The molecule has 3 aliphatic carbocycles. The molecule has 34 heavy (non-hydrogen) atoms. The summed E-state index contributed by atoms with van der Waals surface area (Å²) in [6, 6.07) is 9.95. The predicted octanol–water partition coefficient (Wildman–Crippen LogP) is 2.08. The molecule has 5 aliphatic rings. The van der Waals surface area contributed by atoms with Crippen molar-refractivity contribution in [2.45, 2.75) is 69.2 Å². The van der Waals surface area contributed by atoms with Gasteiger partial charge in [0.2, 0.25) is 0 Å². The van der Waals surface area contributed by atoms with Gasteiger partial charge in [-0.25, -0.2) is 0 Å². The van der Waals surface area contributed by atoms with E-state index in [1.165, 1.54) is 0 Å². The molecule has 1 aromatic rings. The van der Waals surface area contributed by atoms with Crippen LogP contribution in [0.25, 0.3) is 0 Å². The highest BCUT2D eigenvalue weighted by atomic mass is 16.6. The molecule has 5 fully saturated rings. The monoisotopic (exact) mass is 468 g/mol. The Kier molecular flexibility index (Phi) is 5.63. The highest BCUT2D eigenvalue weighted by molar-refractivity contribution is 5.86. The minimum atomic E-state index is -0.675. The first kappa shape index (κ1) is 22.1. The molecule has 1 aromatic carbocycles. The lowest BCUT2D eigenvalue weighted by atomic mass is 9.77. The molecule has 2 aliphatic heterocycles. The van der Waals surface area contributed by atoms with Crippen molar-refractivity contribution < 1.29 is 33.9 Å². The minimum absolute atomic E-state index is 0.0634. The topological polar surface area (TPSA) is 95.5 Å². The van der Waals surface area contributed by atoms with Crippen molar-refractivity contribution in [3.8, 4) is 0 Å². The molecule has 2 N–H and O–H groups in total. The molecule has 182 valence electrons. The average molecular weight is 469 g/mol. The van der Waals surface area contributed by atoms with Crippen LogP contribution in [0, 0.1) is 29.6 Å². The number of nitrogens with two attached hydrogens (primary N) is 1. The summed E-state index contributed by atoms with van der Waals surface area (Å²) < 4.78 is 18.1. The maximum absolute atomic E-state index is 13.8. The molecule has 2 bridgehead atoms. The van der Waals surface area contributed by atoms with Crippen molar-refractivity contribution in [1.82, 2.24) is 0 Å². The van der Waals surface area contributed by atoms with Crippen molar-refractivity contribution in [1.29, 1.82) is 0 Å². The van der Waals surface area contributed by atoms with E-state index in [-0.39, 0.29) is 35.7 Å². The van der Waals surface area contributed by atoms with Crippen LogP contribution < -0.4 is 5.32 Å². The van der Waals surface area contributed by atoms with E-state index >= 15 is 0 Å². The molecular weight excluding hydrogens is 434 g/mol. The zero-order valence-corrected chi connectivity index (χ0v) is 19.5. The highest BCUT2D eigenvalue weighted by Gasteiger charge is 2.70. The number of benzene rings is 1. The van der Waals surface area contributed by atoms with Crippen LogP contribution in [0.4, 0.5) is 0 Å². The highest BCUT2D eigenvalue weighted by Crippen LogP contribution is 2.59. The number of carbonyl (C=O) groups excluding carboxylic acids is 3. The molecular formula is C27H34NO6+. The minimum Gasteiger partial charge on any atom is -0.458 e. The number of fused-ring (bicyclic) bond motifs is 1. The molecule has 0 radical (unpaired) electrons. The van der Waals surface area contributed by atoms with E-state index in [0.717, 1.165) is 63.6 Å². The number of esters is 3. The predicted molar refractivity (Wildman–Crippen MR) is 120 cm³/mol. The third-order valence-corrected chi connectivity index (χ3v) is 9.11. The molecule has 6 rings (SSSR count). The average Bonchev–Trinajstić information content (AvgIpc) is 3.49. The Balaban J connectivity index is 1.24. The second-order valence-corrected chi connectivity index (χ2v) is 10.9. The summed E-state index contributed by atoms with van der Waals surface area (Å²) in [5.41, 5.74) is 0.331. The number of hydrogen-bond acceptors (Lipinski definition) is 6. The first-order valence-corrected chi connectivity index (χ1v) is 13.1. The van der Waals surface area contributed by atoms with Crippen molar-refractivity contribution in [2.75, 3.05) is 13.1 Å². The molecule has 2 saturated heterocycles. The van der Waals surface area contributed by atoms with Crippen LogP contribution in [0.15, 0.2) is 30.3 Å². The van der Waals surface area contributed by atoms with Crippen molar-refractivity contribution >= 4 is 17.9 Å². The van der Waals surface area contributed by atoms with Gasteiger partial charge in [0, 0.05) is 24.7 Å². The second kappa shape index (κ2) is 8.67. The maximum Gasteiger partial charge on any atom is 0.311 e. The smallest absolute Gasteiger partial charge is 0.311 e. The largest absolute Gasteiger partial charge is 0.458 e. The van der Waals surface area contributed by atoms with Gasteiger partial charge < -0.3 is 19.5 Å². The number of ether oxygens (including phenoxy) is 3. The van der Waals surface area contributed by atoms with E-state index < -0.39 is 29.6 Å². The van der Waals surface area contributed by atoms with E-state index in [2.05, 4.69) is 5.32 Å². The Morgan fingerprint density at radius 2 is 1.71 bits per heavy atom. The first-order chi connectivity index (χ1) is 16.6. The van der Waals surface area contributed by atoms with E-state index in [1.54, 1.807) is 0 Å². The summed E-state index contributed by atoms with van der Waals surface area (Å²) >= 11 is 0. The number of rotatable bonds is 5. The molecule has 7 nitrogen and oxygen atoms in total. The fraction of sp³-hybridized carbons (Fsp3) is 0.667. The van der Waals surface area contributed by atoms with Crippen LogP contribution in [0.3, 0.4) is 0 Å². The van der Waals surface area contributed by atoms with Crippen LogP contribution >= 0.6 is 0 Å². The van der Waals surface area contributed by atoms with E-state index in [4.69, 9.17) is 14.2 Å². The van der Waals surface area contributed by atoms with Crippen LogP contribution in [-0.4, -0.2) is 43.2 Å². The molecule has 6 unspecified atom stereocenters. The first-order valence-electron chi connectivity index (χ1n) is 13.1. The van der Waals surface area contributed by atoms with Gasteiger partial charge in [-0.2, -0.15) is 0 Å². The SMILES string of the molecule is O=C(OC1C2CC3C1OC(=O)C3C2C(=O)OC1(c2ccccc2)CC[NH2+]CC1)C1CCCCC1. The normalized spacial score (nSPS) is 36.2. The maximum atomic E-state index is 13.8. The van der Waals surface area contributed by atoms with Gasteiger partial charge in [-0.05, 0) is 24.8 Å².